The summed E-state index contributed by atoms with van der Waals surface area (Å²) in [6.45, 7) is 4.40. The normalized spacial score (nSPS) is 14.4. The van der Waals surface area contributed by atoms with Gasteiger partial charge >= 0.3 is 0 Å². The minimum Gasteiger partial charge on any atom is -0.352 e. The van der Waals surface area contributed by atoms with Gasteiger partial charge in [-0.3, -0.25) is 13.9 Å². The molecule has 2 amide bonds. The highest BCUT2D eigenvalue weighted by atomic mass is 32.2. The maximum atomic E-state index is 14.0. The van der Waals surface area contributed by atoms with E-state index >= 15 is 0 Å². The molecule has 1 saturated carbocycles. The van der Waals surface area contributed by atoms with E-state index < -0.39 is 16.1 Å². The minimum atomic E-state index is -3.55. The largest absolute Gasteiger partial charge is 0.352 e. The van der Waals surface area contributed by atoms with Gasteiger partial charge in [0.05, 0.1) is 11.9 Å². The number of hydrogen-bond acceptors (Lipinski definition) is 4. The smallest absolute Gasteiger partial charge is 0.243 e. The first kappa shape index (κ1) is 31.3. The SMILES string of the molecule is Cc1ccc(N(CCCC(=O)N(Cc2ccccc2)C(Cc2ccccc2)C(=O)NC2CCCC2)S(C)(=O)=O)cc1C. The molecule has 1 unspecified atom stereocenters. The summed E-state index contributed by atoms with van der Waals surface area (Å²) in [5.74, 6) is -0.308. The number of anilines is 1. The topological polar surface area (TPSA) is 86.8 Å². The maximum Gasteiger partial charge on any atom is 0.243 e. The van der Waals surface area contributed by atoms with Crippen LogP contribution in [0.3, 0.4) is 0 Å². The summed E-state index contributed by atoms with van der Waals surface area (Å²) >= 11 is 0. The van der Waals surface area contributed by atoms with Crippen LogP contribution in [0.1, 0.15) is 60.8 Å². The average molecular weight is 590 g/mol. The summed E-state index contributed by atoms with van der Waals surface area (Å²) in [4.78, 5) is 29.5. The Hall–Kier alpha value is -3.65. The first-order valence-corrected chi connectivity index (χ1v) is 16.7. The van der Waals surface area contributed by atoms with Crippen molar-refractivity contribution in [3.63, 3.8) is 0 Å². The van der Waals surface area contributed by atoms with E-state index in [9.17, 15) is 18.0 Å². The van der Waals surface area contributed by atoms with Gasteiger partial charge in [-0.05, 0) is 67.5 Å². The summed E-state index contributed by atoms with van der Waals surface area (Å²) < 4.78 is 26.8. The van der Waals surface area contributed by atoms with Crippen molar-refractivity contribution >= 4 is 27.5 Å². The molecule has 0 spiro atoms. The summed E-state index contributed by atoms with van der Waals surface area (Å²) in [6.07, 6.45) is 6.13. The van der Waals surface area contributed by atoms with Crippen molar-refractivity contribution in [1.82, 2.24) is 10.2 Å². The van der Waals surface area contributed by atoms with Crippen LogP contribution in [-0.4, -0.2) is 50.0 Å². The van der Waals surface area contributed by atoms with Crippen molar-refractivity contribution in [2.75, 3.05) is 17.1 Å². The average Bonchev–Trinajstić information content (AvgIpc) is 3.48. The number of amides is 2. The van der Waals surface area contributed by atoms with Gasteiger partial charge in [0.15, 0.2) is 0 Å². The molecule has 0 radical (unpaired) electrons. The second-order valence-electron chi connectivity index (χ2n) is 11.4. The molecule has 0 aliphatic heterocycles. The van der Waals surface area contributed by atoms with E-state index in [0.29, 0.717) is 25.1 Å². The van der Waals surface area contributed by atoms with Crippen LogP contribution in [0.2, 0.25) is 0 Å². The fourth-order valence-corrected chi connectivity index (χ4v) is 6.54. The number of carbonyl (C=O) groups excluding carboxylic acids is 2. The van der Waals surface area contributed by atoms with Gasteiger partial charge in [-0.1, -0.05) is 79.6 Å². The molecule has 3 aromatic carbocycles. The molecule has 1 aliphatic rings. The Morgan fingerprint density at radius 3 is 2.10 bits per heavy atom. The summed E-state index contributed by atoms with van der Waals surface area (Å²) in [5.41, 5.74) is 4.59. The van der Waals surface area contributed by atoms with Crippen LogP contribution < -0.4 is 9.62 Å². The van der Waals surface area contributed by atoms with E-state index in [2.05, 4.69) is 5.32 Å². The molecular weight excluding hydrogens is 546 g/mol. The molecule has 0 bridgehead atoms. The molecule has 0 aromatic heterocycles. The quantitative estimate of drug-likeness (QED) is 0.283. The monoisotopic (exact) mass is 589 g/mol. The number of nitrogens with zero attached hydrogens (tertiary/aromatic N) is 2. The highest BCUT2D eigenvalue weighted by Crippen LogP contribution is 2.23. The first-order valence-electron chi connectivity index (χ1n) is 14.8. The van der Waals surface area contributed by atoms with Crippen molar-refractivity contribution in [1.29, 1.82) is 0 Å². The Kier molecular flexibility index (Phi) is 10.8. The van der Waals surface area contributed by atoms with Gasteiger partial charge in [-0.15, -0.1) is 0 Å². The van der Waals surface area contributed by atoms with E-state index in [4.69, 9.17) is 0 Å². The number of sulfonamides is 1. The molecule has 0 saturated heterocycles. The molecule has 1 aliphatic carbocycles. The molecule has 3 aromatic rings. The molecule has 1 fully saturated rings. The predicted molar refractivity (Wildman–Crippen MR) is 169 cm³/mol. The first-order chi connectivity index (χ1) is 20.1. The van der Waals surface area contributed by atoms with Gasteiger partial charge in [0.1, 0.15) is 6.04 Å². The fourth-order valence-electron chi connectivity index (χ4n) is 5.59. The van der Waals surface area contributed by atoms with Crippen molar-refractivity contribution in [3.05, 3.63) is 101 Å². The van der Waals surface area contributed by atoms with Crippen LogP contribution in [0, 0.1) is 13.8 Å². The molecule has 224 valence electrons. The molecular formula is C34H43N3O4S. The zero-order valence-electron chi connectivity index (χ0n) is 25.0. The Morgan fingerprint density at radius 2 is 1.50 bits per heavy atom. The maximum absolute atomic E-state index is 14.0. The lowest BCUT2D eigenvalue weighted by molar-refractivity contribution is -0.141. The predicted octanol–water partition coefficient (Wildman–Crippen LogP) is 5.55. The lowest BCUT2D eigenvalue weighted by Crippen LogP contribution is -2.52. The van der Waals surface area contributed by atoms with Gasteiger partial charge < -0.3 is 10.2 Å². The van der Waals surface area contributed by atoms with Gasteiger partial charge in [0.2, 0.25) is 21.8 Å². The standard InChI is InChI=1S/C34H43N3O4S/c1-26-20-21-31(23-27(26)2)37(42(3,40)41)22-12-19-33(38)36(25-29-15-8-5-9-16-29)32(24-28-13-6-4-7-14-28)34(39)35-30-17-10-11-18-30/h4-9,13-16,20-21,23,30,32H,10-12,17-19,22,24-25H2,1-3H3,(H,35,39). The molecule has 7 nitrogen and oxygen atoms in total. The van der Waals surface area contributed by atoms with Gasteiger partial charge in [-0.25, -0.2) is 8.42 Å². The van der Waals surface area contributed by atoms with Crippen LogP contribution in [0.4, 0.5) is 5.69 Å². The zero-order valence-corrected chi connectivity index (χ0v) is 25.8. The zero-order chi connectivity index (χ0) is 30.1. The molecule has 1 N–H and O–H groups in total. The fraction of sp³-hybridized carbons (Fsp3) is 0.412. The number of hydrogen-bond donors (Lipinski definition) is 1. The van der Waals surface area contributed by atoms with Crippen LogP contribution in [-0.2, 0) is 32.6 Å². The van der Waals surface area contributed by atoms with Crippen molar-refractivity contribution in [2.45, 2.75) is 77.4 Å². The molecule has 1 atom stereocenters. The Labute approximate surface area is 251 Å². The lowest BCUT2D eigenvalue weighted by Gasteiger charge is -2.33. The van der Waals surface area contributed by atoms with E-state index in [-0.39, 0.29) is 30.8 Å². The minimum absolute atomic E-state index is 0.117. The van der Waals surface area contributed by atoms with Crippen LogP contribution in [0.25, 0.3) is 0 Å². The molecule has 42 heavy (non-hydrogen) atoms. The van der Waals surface area contributed by atoms with E-state index in [1.54, 1.807) is 11.0 Å². The van der Waals surface area contributed by atoms with Crippen LogP contribution >= 0.6 is 0 Å². The Bertz CT molecular complexity index is 1440. The lowest BCUT2D eigenvalue weighted by atomic mass is 10.0. The van der Waals surface area contributed by atoms with Crippen LogP contribution in [0.15, 0.2) is 78.9 Å². The molecule has 4 rings (SSSR count). The number of nitrogens with one attached hydrogen (secondary N) is 1. The Morgan fingerprint density at radius 1 is 0.881 bits per heavy atom. The molecule has 0 heterocycles. The van der Waals surface area contributed by atoms with Gasteiger partial charge in [0, 0.05) is 32.0 Å². The van der Waals surface area contributed by atoms with Crippen LogP contribution in [0.5, 0.6) is 0 Å². The van der Waals surface area contributed by atoms with Gasteiger partial charge in [0.25, 0.3) is 0 Å². The van der Waals surface area contributed by atoms with Crippen molar-refractivity contribution < 1.29 is 18.0 Å². The van der Waals surface area contributed by atoms with Gasteiger partial charge in [-0.2, -0.15) is 0 Å². The highest BCUT2D eigenvalue weighted by Gasteiger charge is 2.32. The number of carbonyl (C=O) groups is 2. The number of rotatable bonds is 13. The second-order valence-corrected chi connectivity index (χ2v) is 13.3. The van der Waals surface area contributed by atoms with E-state index in [1.165, 1.54) is 10.6 Å². The summed E-state index contributed by atoms with van der Waals surface area (Å²) in [5, 5.41) is 3.23. The summed E-state index contributed by atoms with van der Waals surface area (Å²) in [6, 6.07) is 24.5. The Balaban J connectivity index is 1.57. The second kappa shape index (κ2) is 14.5. The number of aryl methyl sites for hydroxylation is 2. The van der Waals surface area contributed by atoms with Crippen molar-refractivity contribution in [3.8, 4) is 0 Å². The third kappa shape index (κ3) is 8.68. The third-order valence-electron chi connectivity index (χ3n) is 8.10. The van der Waals surface area contributed by atoms with E-state index in [0.717, 1.165) is 47.9 Å². The summed E-state index contributed by atoms with van der Waals surface area (Å²) in [7, 11) is -3.55. The number of benzene rings is 3. The van der Waals surface area contributed by atoms with E-state index in [1.807, 2.05) is 86.6 Å². The van der Waals surface area contributed by atoms with Crippen molar-refractivity contribution in [2.24, 2.45) is 0 Å². The third-order valence-corrected chi connectivity index (χ3v) is 9.29. The highest BCUT2D eigenvalue weighted by molar-refractivity contribution is 7.92. The molecule has 8 heteroatoms.